The van der Waals surface area contributed by atoms with Crippen LogP contribution in [0.1, 0.15) is 290 Å². The maximum Gasteiger partial charge on any atom is 0.305 e. The first kappa shape index (κ1) is 62.8. The van der Waals surface area contributed by atoms with Gasteiger partial charge in [0.25, 0.3) is 0 Å². The monoisotopic (exact) mass is 912 g/mol. The number of nitrogens with one attached hydrogen (secondary N) is 1. The highest BCUT2D eigenvalue weighted by atomic mass is 16.5. The predicted octanol–water partition coefficient (Wildman–Crippen LogP) is 17.4. The molecule has 0 aliphatic carbocycles. The second-order valence-electron chi connectivity index (χ2n) is 19.3. The van der Waals surface area contributed by atoms with Gasteiger partial charge in [0.2, 0.25) is 5.91 Å². The third-order valence-corrected chi connectivity index (χ3v) is 12.9. The summed E-state index contributed by atoms with van der Waals surface area (Å²) >= 11 is 0. The average molecular weight is 913 g/mol. The maximum atomic E-state index is 12.4. The first-order valence-electron chi connectivity index (χ1n) is 28.4. The van der Waals surface area contributed by atoms with Crippen LogP contribution in [0.5, 0.6) is 0 Å². The van der Waals surface area contributed by atoms with Crippen LogP contribution in [-0.2, 0) is 14.3 Å². The van der Waals surface area contributed by atoms with E-state index >= 15 is 0 Å². The number of carbonyl (C=O) groups excluding carboxylic acids is 2. The third kappa shape index (κ3) is 51.1. The lowest BCUT2D eigenvalue weighted by molar-refractivity contribution is -0.143. The molecule has 0 rings (SSSR count). The van der Waals surface area contributed by atoms with Gasteiger partial charge in [-0.3, -0.25) is 9.59 Å². The van der Waals surface area contributed by atoms with Crippen molar-refractivity contribution in [1.82, 2.24) is 5.32 Å². The molecule has 0 aromatic heterocycles. The van der Waals surface area contributed by atoms with Crippen LogP contribution in [0.4, 0.5) is 0 Å². The molecule has 0 radical (unpaired) electrons. The van der Waals surface area contributed by atoms with Crippen LogP contribution in [-0.4, -0.2) is 47.4 Å². The standard InChI is InChI=1S/C59H109NO5/c1-3-5-7-9-11-13-15-17-19-21-23-25-29-33-37-41-45-49-53-59(64)65-54-50-46-42-38-34-30-26-28-32-36-40-44-48-52-58(63)60-56(55-61)57(62)51-47-43-39-35-31-27-24-22-20-18-16-14-12-10-8-6-4-2/h13,15,19,21,28,32,40,44,56-57,61-62H,3-12,14,16-18,20,22-27,29-31,33-39,41-43,45-55H2,1-2H3,(H,60,63)/b15-13-,21-19-,32-28-,44-40-. The Bertz CT molecular complexity index is 1100. The molecule has 0 saturated carbocycles. The Kier molecular flexibility index (Phi) is 52.6. The van der Waals surface area contributed by atoms with E-state index in [9.17, 15) is 19.8 Å². The third-order valence-electron chi connectivity index (χ3n) is 12.9. The van der Waals surface area contributed by atoms with Gasteiger partial charge in [-0.2, -0.15) is 0 Å². The van der Waals surface area contributed by atoms with Crippen LogP contribution in [0.15, 0.2) is 48.6 Å². The number of ether oxygens (including phenoxy) is 1. The number of carbonyl (C=O) groups is 2. The van der Waals surface area contributed by atoms with Crippen molar-refractivity contribution in [2.75, 3.05) is 13.2 Å². The summed E-state index contributed by atoms with van der Waals surface area (Å²) in [5, 5.41) is 23.2. The molecule has 0 saturated heterocycles. The lowest BCUT2D eigenvalue weighted by atomic mass is 10.0. The summed E-state index contributed by atoms with van der Waals surface area (Å²) in [6, 6.07) is -0.587. The summed E-state index contributed by atoms with van der Waals surface area (Å²) in [7, 11) is 0. The highest BCUT2D eigenvalue weighted by Crippen LogP contribution is 2.16. The molecule has 0 heterocycles. The lowest BCUT2D eigenvalue weighted by Gasteiger charge is -2.22. The van der Waals surface area contributed by atoms with Gasteiger partial charge in [-0.15, -0.1) is 0 Å². The Morgan fingerprint density at radius 1 is 0.431 bits per heavy atom. The molecule has 0 aliphatic rings. The summed E-state index contributed by atoms with van der Waals surface area (Å²) in [6.45, 7) is 4.87. The molecule has 6 nitrogen and oxygen atoms in total. The van der Waals surface area contributed by atoms with E-state index in [0.717, 1.165) is 57.8 Å². The summed E-state index contributed by atoms with van der Waals surface area (Å²) in [5.74, 6) is -0.140. The van der Waals surface area contributed by atoms with Crippen LogP contribution in [0.3, 0.4) is 0 Å². The summed E-state index contributed by atoms with van der Waals surface area (Å²) in [5.41, 5.74) is 0. The molecule has 3 N–H and O–H groups in total. The molecular weight excluding hydrogens is 803 g/mol. The zero-order chi connectivity index (χ0) is 47.2. The van der Waals surface area contributed by atoms with Gasteiger partial charge in [0, 0.05) is 12.8 Å². The zero-order valence-electron chi connectivity index (χ0n) is 43.2. The number of rotatable bonds is 52. The van der Waals surface area contributed by atoms with Crippen molar-refractivity contribution in [2.24, 2.45) is 0 Å². The molecule has 2 unspecified atom stereocenters. The van der Waals surface area contributed by atoms with Crippen molar-refractivity contribution in [2.45, 2.75) is 302 Å². The molecule has 0 aromatic rings. The predicted molar refractivity (Wildman–Crippen MR) is 282 cm³/mol. The SMILES string of the molecule is CCCCCC/C=C\C/C=C\CCCCCCCCCC(=O)OCCCCCCCC/C=C\C/C=C\CCC(=O)NC(CO)C(O)CCCCCCCCCCCCCCCCCCC. The number of aliphatic hydroxyl groups excluding tert-OH is 2. The van der Waals surface area contributed by atoms with Gasteiger partial charge in [-0.1, -0.05) is 249 Å². The first-order chi connectivity index (χ1) is 32.0. The van der Waals surface area contributed by atoms with Gasteiger partial charge in [0.05, 0.1) is 25.4 Å². The number of unbranched alkanes of at least 4 members (excludes halogenated alkanes) is 33. The largest absolute Gasteiger partial charge is 0.466 e. The van der Waals surface area contributed by atoms with Crippen molar-refractivity contribution >= 4 is 11.9 Å². The van der Waals surface area contributed by atoms with E-state index in [1.54, 1.807) is 0 Å². The molecule has 380 valence electrons. The second kappa shape index (κ2) is 54.4. The highest BCUT2D eigenvalue weighted by molar-refractivity contribution is 5.76. The number of amides is 1. The molecule has 65 heavy (non-hydrogen) atoms. The topological polar surface area (TPSA) is 95.9 Å². The molecule has 6 heteroatoms. The first-order valence-corrected chi connectivity index (χ1v) is 28.4. The van der Waals surface area contributed by atoms with Gasteiger partial charge in [-0.05, 0) is 77.0 Å². The van der Waals surface area contributed by atoms with Crippen molar-refractivity contribution in [3.8, 4) is 0 Å². The molecule has 0 fully saturated rings. The highest BCUT2D eigenvalue weighted by Gasteiger charge is 2.19. The van der Waals surface area contributed by atoms with Gasteiger partial charge in [-0.25, -0.2) is 0 Å². The van der Waals surface area contributed by atoms with Crippen molar-refractivity contribution in [3.05, 3.63) is 48.6 Å². The number of aliphatic hydroxyl groups is 2. The van der Waals surface area contributed by atoms with E-state index in [2.05, 4.69) is 61.7 Å². The Labute approximate surface area is 404 Å². The van der Waals surface area contributed by atoms with E-state index in [-0.39, 0.29) is 18.5 Å². The number of hydrogen-bond acceptors (Lipinski definition) is 5. The van der Waals surface area contributed by atoms with Crippen LogP contribution in [0.2, 0.25) is 0 Å². The minimum Gasteiger partial charge on any atom is -0.466 e. The molecule has 0 aliphatic heterocycles. The van der Waals surface area contributed by atoms with E-state index in [1.807, 2.05) is 6.08 Å². The molecule has 1 amide bonds. The normalized spacial score (nSPS) is 13.0. The number of esters is 1. The van der Waals surface area contributed by atoms with Crippen LogP contribution in [0, 0.1) is 0 Å². The van der Waals surface area contributed by atoms with Gasteiger partial charge >= 0.3 is 5.97 Å². The van der Waals surface area contributed by atoms with Gasteiger partial charge < -0.3 is 20.3 Å². The molecule has 0 bridgehead atoms. The molecule has 0 spiro atoms. The minimum absolute atomic E-state index is 0.0245. The Morgan fingerprint density at radius 3 is 1.22 bits per heavy atom. The van der Waals surface area contributed by atoms with Gasteiger partial charge in [0.1, 0.15) is 0 Å². The fraction of sp³-hybridized carbons (Fsp3) is 0.831. The van der Waals surface area contributed by atoms with Crippen molar-refractivity contribution < 1.29 is 24.5 Å². The summed E-state index contributed by atoms with van der Waals surface area (Å²) < 4.78 is 5.46. The Balaban J connectivity index is 3.54. The number of hydrogen-bond donors (Lipinski definition) is 3. The summed E-state index contributed by atoms with van der Waals surface area (Å²) in [6.07, 6.45) is 68.2. The lowest BCUT2D eigenvalue weighted by Crippen LogP contribution is -2.45. The fourth-order valence-corrected chi connectivity index (χ4v) is 8.48. The molecule has 2 atom stereocenters. The van der Waals surface area contributed by atoms with Crippen LogP contribution >= 0.6 is 0 Å². The van der Waals surface area contributed by atoms with Crippen molar-refractivity contribution in [3.63, 3.8) is 0 Å². The Morgan fingerprint density at radius 2 is 0.785 bits per heavy atom. The Hall–Kier alpha value is -2.18. The van der Waals surface area contributed by atoms with E-state index in [0.29, 0.717) is 32.3 Å². The van der Waals surface area contributed by atoms with E-state index < -0.39 is 12.1 Å². The van der Waals surface area contributed by atoms with Crippen molar-refractivity contribution in [1.29, 1.82) is 0 Å². The van der Waals surface area contributed by atoms with E-state index in [4.69, 9.17) is 4.74 Å². The molecule has 0 aromatic carbocycles. The average Bonchev–Trinajstić information content (AvgIpc) is 3.31. The van der Waals surface area contributed by atoms with Crippen LogP contribution in [0.25, 0.3) is 0 Å². The second-order valence-corrected chi connectivity index (χ2v) is 19.3. The summed E-state index contributed by atoms with van der Waals surface area (Å²) in [4.78, 5) is 24.5. The maximum absolute atomic E-state index is 12.4. The van der Waals surface area contributed by atoms with Gasteiger partial charge in [0.15, 0.2) is 0 Å². The fourth-order valence-electron chi connectivity index (χ4n) is 8.48. The van der Waals surface area contributed by atoms with E-state index in [1.165, 1.54) is 193 Å². The number of allylic oxidation sites excluding steroid dienone is 8. The molecular formula is C59H109NO5. The smallest absolute Gasteiger partial charge is 0.305 e. The minimum atomic E-state index is -0.701. The zero-order valence-corrected chi connectivity index (χ0v) is 43.2. The quantitative estimate of drug-likeness (QED) is 0.0321. The van der Waals surface area contributed by atoms with Crippen LogP contribution < -0.4 is 5.32 Å².